The first kappa shape index (κ1) is 15.9. The Kier molecular flexibility index (Phi) is 5.18. The number of benzene rings is 2. The van der Waals surface area contributed by atoms with E-state index in [2.05, 4.69) is 43.6 Å². The third-order valence-electron chi connectivity index (χ3n) is 3.93. The van der Waals surface area contributed by atoms with Crippen molar-refractivity contribution in [3.8, 4) is 0 Å². The molecule has 0 bridgehead atoms. The third kappa shape index (κ3) is 4.48. The molecule has 0 saturated carbocycles. The summed E-state index contributed by atoms with van der Waals surface area (Å²) in [4.78, 5) is 14.4. The number of nitrogens with zero attached hydrogens (tertiary/aromatic N) is 1. The average molecular weight is 374 g/mol. The van der Waals surface area contributed by atoms with Crippen LogP contribution in [0.3, 0.4) is 0 Å². The molecule has 0 aromatic heterocycles. The Balaban J connectivity index is 1.58. The molecule has 1 heterocycles. The molecule has 0 radical (unpaired) electrons. The van der Waals surface area contributed by atoms with Gasteiger partial charge in [-0.15, -0.1) is 0 Å². The summed E-state index contributed by atoms with van der Waals surface area (Å²) in [5.41, 5.74) is 2.77. The van der Waals surface area contributed by atoms with E-state index in [9.17, 15) is 4.79 Å². The standard InChI is InChI=1S/C18H20BrN3O/c19-14-5-4-6-16(13-14)21-18(23)20-15-7-9-17(10-8-15)22-11-2-1-3-12-22/h4-10,13H,1-3,11-12H2,(H2,20,21,23). The Bertz CT molecular complexity index is 666. The van der Waals surface area contributed by atoms with Gasteiger partial charge in [-0.2, -0.15) is 0 Å². The van der Waals surface area contributed by atoms with E-state index in [-0.39, 0.29) is 6.03 Å². The minimum atomic E-state index is -0.242. The molecule has 5 heteroatoms. The van der Waals surface area contributed by atoms with Gasteiger partial charge in [0.15, 0.2) is 0 Å². The molecule has 2 aromatic carbocycles. The maximum Gasteiger partial charge on any atom is 0.323 e. The van der Waals surface area contributed by atoms with Gasteiger partial charge in [-0.05, 0) is 61.7 Å². The number of urea groups is 1. The van der Waals surface area contributed by atoms with Crippen molar-refractivity contribution in [1.82, 2.24) is 0 Å². The highest BCUT2D eigenvalue weighted by Crippen LogP contribution is 2.22. The maximum absolute atomic E-state index is 12.0. The lowest BCUT2D eigenvalue weighted by Gasteiger charge is -2.28. The second-order valence-corrected chi connectivity index (χ2v) is 6.60. The van der Waals surface area contributed by atoms with Crippen LogP contribution in [0, 0.1) is 0 Å². The van der Waals surface area contributed by atoms with E-state index >= 15 is 0 Å². The minimum absolute atomic E-state index is 0.242. The van der Waals surface area contributed by atoms with Gasteiger partial charge in [0, 0.05) is 34.6 Å². The number of hydrogen-bond acceptors (Lipinski definition) is 2. The van der Waals surface area contributed by atoms with Gasteiger partial charge in [0.1, 0.15) is 0 Å². The number of nitrogens with one attached hydrogen (secondary N) is 2. The molecule has 0 spiro atoms. The van der Waals surface area contributed by atoms with E-state index < -0.39 is 0 Å². The van der Waals surface area contributed by atoms with Crippen molar-refractivity contribution in [1.29, 1.82) is 0 Å². The molecular formula is C18H20BrN3O. The summed E-state index contributed by atoms with van der Waals surface area (Å²) in [6.45, 7) is 2.24. The van der Waals surface area contributed by atoms with Gasteiger partial charge < -0.3 is 15.5 Å². The Morgan fingerprint density at radius 2 is 1.61 bits per heavy atom. The largest absolute Gasteiger partial charge is 0.372 e. The number of hydrogen-bond donors (Lipinski definition) is 2. The van der Waals surface area contributed by atoms with Crippen molar-refractivity contribution < 1.29 is 4.79 Å². The maximum atomic E-state index is 12.0. The first-order valence-corrected chi connectivity index (χ1v) is 8.68. The molecule has 0 unspecified atom stereocenters. The van der Waals surface area contributed by atoms with Gasteiger partial charge >= 0.3 is 6.03 Å². The van der Waals surface area contributed by atoms with E-state index in [4.69, 9.17) is 0 Å². The molecule has 120 valence electrons. The third-order valence-corrected chi connectivity index (χ3v) is 4.42. The van der Waals surface area contributed by atoms with Crippen LogP contribution in [0.5, 0.6) is 0 Å². The first-order chi connectivity index (χ1) is 11.2. The molecule has 23 heavy (non-hydrogen) atoms. The van der Waals surface area contributed by atoms with Gasteiger partial charge in [-0.1, -0.05) is 22.0 Å². The van der Waals surface area contributed by atoms with Crippen LogP contribution in [0.1, 0.15) is 19.3 Å². The van der Waals surface area contributed by atoms with Crippen LogP contribution in [-0.4, -0.2) is 19.1 Å². The molecule has 0 aliphatic carbocycles. The second kappa shape index (κ2) is 7.51. The predicted molar refractivity (Wildman–Crippen MR) is 99.3 cm³/mol. The quantitative estimate of drug-likeness (QED) is 0.787. The summed E-state index contributed by atoms with van der Waals surface area (Å²) in [5.74, 6) is 0. The van der Waals surface area contributed by atoms with E-state index in [1.807, 2.05) is 36.4 Å². The van der Waals surface area contributed by atoms with Gasteiger partial charge in [0.2, 0.25) is 0 Å². The fourth-order valence-corrected chi connectivity index (χ4v) is 3.17. The number of anilines is 3. The van der Waals surface area contributed by atoms with E-state index in [0.29, 0.717) is 0 Å². The van der Waals surface area contributed by atoms with E-state index in [0.717, 1.165) is 28.9 Å². The predicted octanol–water partition coefficient (Wildman–Crippen LogP) is 5.08. The lowest BCUT2D eigenvalue weighted by molar-refractivity contribution is 0.262. The molecule has 1 aliphatic heterocycles. The van der Waals surface area contributed by atoms with Crippen molar-refractivity contribution >= 4 is 39.0 Å². The van der Waals surface area contributed by atoms with Crippen LogP contribution in [-0.2, 0) is 0 Å². The van der Waals surface area contributed by atoms with Crippen LogP contribution in [0.15, 0.2) is 53.0 Å². The van der Waals surface area contributed by atoms with Crippen LogP contribution >= 0.6 is 15.9 Å². The molecule has 2 aromatic rings. The summed E-state index contributed by atoms with van der Waals surface area (Å²) in [7, 11) is 0. The Morgan fingerprint density at radius 3 is 2.30 bits per heavy atom. The number of carbonyl (C=O) groups is 1. The lowest BCUT2D eigenvalue weighted by Crippen LogP contribution is -2.29. The molecule has 0 atom stereocenters. The van der Waals surface area contributed by atoms with Crippen molar-refractivity contribution in [2.45, 2.75) is 19.3 Å². The van der Waals surface area contributed by atoms with Crippen molar-refractivity contribution in [2.75, 3.05) is 28.6 Å². The Morgan fingerprint density at radius 1 is 0.913 bits per heavy atom. The van der Waals surface area contributed by atoms with Crippen LogP contribution < -0.4 is 15.5 Å². The Labute approximate surface area is 145 Å². The van der Waals surface area contributed by atoms with E-state index in [1.165, 1.54) is 24.9 Å². The summed E-state index contributed by atoms with van der Waals surface area (Å²) in [6, 6.07) is 15.3. The fourth-order valence-electron chi connectivity index (χ4n) is 2.77. The minimum Gasteiger partial charge on any atom is -0.372 e. The average Bonchev–Trinajstić information content (AvgIpc) is 2.56. The molecular weight excluding hydrogens is 354 g/mol. The van der Waals surface area contributed by atoms with Gasteiger partial charge in [0.25, 0.3) is 0 Å². The number of amides is 2. The summed E-state index contributed by atoms with van der Waals surface area (Å²) < 4.78 is 0.932. The fraction of sp³-hybridized carbons (Fsp3) is 0.278. The monoisotopic (exact) mass is 373 g/mol. The van der Waals surface area contributed by atoms with Crippen LogP contribution in [0.25, 0.3) is 0 Å². The Hall–Kier alpha value is -2.01. The number of rotatable bonds is 3. The zero-order valence-electron chi connectivity index (χ0n) is 12.9. The van der Waals surface area contributed by atoms with Crippen LogP contribution in [0.4, 0.5) is 21.9 Å². The number of halogens is 1. The van der Waals surface area contributed by atoms with Crippen molar-refractivity contribution in [3.63, 3.8) is 0 Å². The molecule has 4 nitrogen and oxygen atoms in total. The van der Waals surface area contributed by atoms with Crippen molar-refractivity contribution in [3.05, 3.63) is 53.0 Å². The highest BCUT2D eigenvalue weighted by Gasteiger charge is 2.11. The summed E-state index contributed by atoms with van der Waals surface area (Å²) in [5, 5.41) is 5.67. The molecule has 3 rings (SSSR count). The van der Waals surface area contributed by atoms with Crippen LogP contribution in [0.2, 0.25) is 0 Å². The molecule has 2 N–H and O–H groups in total. The number of piperidine rings is 1. The zero-order valence-corrected chi connectivity index (χ0v) is 14.5. The van der Waals surface area contributed by atoms with E-state index in [1.54, 1.807) is 0 Å². The SMILES string of the molecule is O=C(Nc1ccc(N2CCCCC2)cc1)Nc1cccc(Br)c1. The van der Waals surface area contributed by atoms with Gasteiger partial charge in [-0.3, -0.25) is 0 Å². The smallest absolute Gasteiger partial charge is 0.323 e. The first-order valence-electron chi connectivity index (χ1n) is 7.89. The van der Waals surface area contributed by atoms with Crippen molar-refractivity contribution in [2.24, 2.45) is 0 Å². The van der Waals surface area contributed by atoms with Gasteiger partial charge in [0.05, 0.1) is 0 Å². The highest BCUT2D eigenvalue weighted by atomic mass is 79.9. The molecule has 2 amide bonds. The number of carbonyl (C=O) groups excluding carboxylic acids is 1. The highest BCUT2D eigenvalue weighted by molar-refractivity contribution is 9.10. The molecule has 1 fully saturated rings. The summed E-state index contributed by atoms with van der Waals surface area (Å²) >= 11 is 3.39. The zero-order chi connectivity index (χ0) is 16.1. The molecule has 1 saturated heterocycles. The normalized spacial score (nSPS) is 14.4. The van der Waals surface area contributed by atoms with Gasteiger partial charge in [-0.25, -0.2) is 4.79 Å². The second-order valence-electron chi connectivity index (χ2n) is 5.68. The molecule has 1 aliphatic rings. The topological polar surface area (TPSA) is 44.4 Å². The summed E-state index contributed by atoms with van der Waals surface area (Å²) in [6.07, 6.45) is 3.84. The lowest BCUT2D eigenvalue weighted by atomic mass is 10.1.